The minimum Gasteiger partial charge on any atom is -0.506 e. The molecule has 366 valence electrons. The molecule has 0 radical (unpaired) electrons. The second kappa shape index (κ2) is 29.6. The molecule has 8 rings (SSSR count). The molecular formula is C48H45BrCl5N9O7. The summed E-state index contributed by atoms with van der Waals surface area (Å²) >= 11 is 31.9. The van der Waals surface area contributed by atoms with Crippen LogP contribution >= 0.6 is 73.9 Å². The fraction of sp³-hybridized carbons (Fsp3) is 0.188. The van der Waals surface area contributed by atoms with Gasteiger partial charge in [-0.15, -0.1) is 0 Å². The maximum atomic E-state index is 12.2. The van der Waals surface area contributed by atoms with Crippen molar-refractivity contribution < 1.29 is 33.8 Å². The van der Waals surface area contributed by atoms with E-state index < -0.39 is 5.91 Å². The van der Waals surface area contributed by atoms with Crippen molar-refractivity contribution in [3.05, 3.63) is 170 Å². The Morgan fingerprint density at radius 1 is 0.629 bits per heavy atom. The molecule has 70 heavy (non-hydrogen) atoms. The van der Waals surface area contributed by atoms with Crippen LogP contribution in [0.1, 0.15) is 42.4 Å². The van der Waals surface area contributed by atoms with Crippen LogP contribution in [0.5, 0.6) is 17.2 Å². The van der Waals surface area contributed by atoms with Gasteiger partial charge in [-0.2, -0.15) is 10.2 Å². The molecule has 0 fully saturated rings. The Kier molecular flexibility index (Phi) is 23.8. The van der Waals surface area contributed by atoms with Crippen molar-refractivity contribution in [1.29, 1.82) is 0 Å². The van der Waals surface area contributed by atoms with E-state index in [4.69, 9.17) is 78.3 Å². The lowest BCUT2D eigenvalue weighted by atomic mass is 10.1. The zero-order chi connectivity index (χ0) is 51.0. The van der Waals surface area contributed by atoms with Crippen LogP contribution in [0.15, 0.2) is 138 Å². The summed E-state index contributed by atoms with van der Waals surface area (Å²) in [7, 11) is 3.03. The van der Waals surface area contributed by atoms with Gasteiger partial charge in [-0.05, 0) is 89.5 Å². The standard InChI is InChI=1S/C18H17ClN4O3.C12H9Cl2NO.C7H6BrCl.C6H9N3O2.C5H4ClNO/c1-23-17(24)8-6-15(22-23)18(25)21-16-7-5-14(10-20-16)26-11-12-3-2-4-13(19)9-12;13-10-3-1-2-9(6-10)8-16-11-4-5-12(14)15-7-11;8-5-6-2-1-3-7(9)4-6;1-9-5(10)3-2-4(8-9)6(7)11;6-5-2-1-4(8)3-7-5/h2-5,7,9-10H,6,8,11H2,1H3,(H,20,21,25);1-7H,8H2;1-4H,5H2;2-3H2,1H3,(H2,7,11);1-3,8H. The fourth-order valence-corrected chi connectivity index (χ4v) is 6.64. The Labute approximate surface area is 437 Å². The topological polar surface area (TPSA) is 215 Å². The van der Waals surface area contributed by atoms with E-state index >= 15 is 0 Å². The largest absolute Gasteiger partial charge is 0.506 e. The van der Waals surface area contributed by atoms with Gasteiger partial charge in [0, 0.05) is 60.2 Å². The average molecular weight is 1120 g/mol. The number of aromatic hydroxyl groups is 1. The molecule has 0 saturated carbocycles. The van der Waals surface area contributed by atoms with Crippen LogP contribution in [0.4, 0.5) is 5.82 Å². The number of anilines is 1. The molecule has 0 unspecified atom stereocenters. The molecule has 2 aliphatic heterocycles. The Bertz CT molecular complexity index is 2720. The van der Waals surface area contributed by atoms with E-state index in [9.17, 15) is 19.2 Å². The second-order valence-electron chi connectivity index (χ2n) is 14.4. The number of alkyl halides is 1. The molecule has 0 saturated heterocycles. The van der Waals surface area contributed by atoms with Crippen LogP contribution < -0.4 is 20.5 Å². The van der Waals surface area contributed by atoms with Gasteiger partial charge in [0.25, 0.3) is 11.8 Å². The first-order valence-electron chi connectivity index (χ1n) is 20.7. The van der Waals surface area contributed by atoms with Crippen LogP contribution in [0.3, 0.4) is 0 Å². The molecule has 2 aliphatic rings. The number of ether oxygens (including phenoxy) is 2. The van der Waals surface area contributed by atoms with Crippen LogP contribution in [0.25, 0.3) is 0 Å². The van der Waals surface area contributed by atoms with Crippen molar-refractivity contribution in [1.82, 2.24) is 25.0 Å². The molecule has 5 heterocycles. The number of primary amides is 1. The molecular weight excluding hydrogens is 1070 g/mol. The number of carbonyl (C=O) groups excluding carboxylic acids is 4. The van der Waals surface area contributed by atoms with Gasteiger partial charge in [0.05, 0.1) is 18.6 Å². The van der Waals surface area contributed by atoms with Gasteiger partial charge in [-0.1, -0.05) is 110 Å². The molecule has 6 aromatic rings. The number of halogens is 6. The summed E-state index contributed by atoms with van der Waals surface area (Å²) in [5.74, 6) is 0.652. The van der Waals surface area contributed by atoms with E-state index in [1.807, 2.05) is 66.7 Å². The smallest absolute Gasteiger partial charge is 0.273 e. The predicted molar refractivity (Wildman–Crippen MR) is 277 cm³/mol. The van der Waals surface area contributed by atoms with E-state index in [-0.39, 0.29) is 35.6 Å². The Balaban J connectivity index is 0.000000206. The first-order valence-corrected chi connectivity index (χ1v) is 23.7. The van der Waals surface area contributed by atoms with Gasteiger partial charge < -0.3 is 25.6 Å². The number of hydrogen-bond donors (Lipinski definition) is 3. The Morgan fingerprint density at radius 3 is 1.49 bits per heavy atom. The zero-order valence-electron chi connectivity index (χ0n) is 37.4. The first-order chi connectivity index (χ1) is 33.5. The minimum atomic E-state index is -0.552. The van der Waals surface area contributed by atoms with Gasteiger partial charge in [0.2, 0.25) is 11.8 Å². The summed E-state index contributed by atoms with van der Waals surface area (Å²) in [6.45, 7) is 0.828. The van der Waals surface area contributed by atoms with Gasteiger partial charge in [0.15, 0.2) is 0 Å². The fourth-order valence-electron chi connectivity index (χ4n) is 5.43. The number of nitrogens with zero attached hydrogens (tertiary/aromatic N) is 7. The molecule has 4 amide bonds. The number of nitrogens with one attached hydrogen (secondary N) is 1. The highest BCUT2D eigenvalue weighted by Crippen LogP contribution is 2.19. The molecule has 3 aromatic carbocycles. The maximum Gasteiger partial charge on any atom is 0.273 e. The van der Waals surface area contributed by atoms with Crippen molar-refractivity contribution in [2.45, 2.75) is 44.2 Å². The van der Waals surface area contributed by atoms with Crippen LogP contribution in [-0.4, -0.2) is 79.2 Å². The van der Waals surface area contributed by atoms with Gasteiger partial charge in [0.1, 0.15) is 58.0 Å². The summed E-state index contributed by atoms with van der Waals surface area (Å²) in [6, 6.07) is 32.6. The number of hydrogen-bond acceptors (Lipinski definition) is 12. The van der Waals surface area contributed by atoms with E-state index in [1.54, 1.807) is 36.5 Å². The van der Waals surface area contributed by atoms with Crippen LogP contribution in [0.2, 0.25) is 25.4 Å². The minimum absolute atomic E-state index is 0.0880. The number of nitrogens with two attached hydrogens (primary N) is 1. The van der Waals surface area contributed by atoms with Crippen molar-refractivity contribution in [2.24, 2.45) is 15.9 Å². The summed E-state index contributed by atoms with van der Waals surface area (Å²) in [6.07, 6.45) is 5.67. The normalized spacial score (nSPS) is 12.6. The number of carbonyl (C=O) groups is 4. The Morgan fingerprint density at radius 2 is 1.09 bits per heavy atom. The molecule has 0 bridgehead atoms. The molecule has 22 heteroatoms. The number of aromatic nitrogens is 3. The van der Waals surface area contributed by atoms with E-state index in [0.29, 0.717) is 75.9 Å². The Hall–Kier alpha value is -6.34. The van der Waals surface area contributed by atoms with Crippen LogP contribution in [0, 0.1) is 0 Å². The maximum absolute atomic E-state index is 12.2. The van der Waals surface area contributed by atoms with Crippen molar-refractivity contribution >= 4 is 115 Å². The molecule has 4 N–H and O–H groups in total. The molecule has 3 aromatic heterocycles. The van der Waals surface area contributed by atoms with Crippen molar-refractivity contribution in [3.8, 4) is 17.2 Å². The van der Waals surface area contributed by atoms with Gasteiger partial charge in [-0.3, -0.25) is 19.2 Å². The number of pyridine rings is 3. The molecule has 0 atom stereocenters. The van der Waals surface area contributed by atoms with E-state index in [0.717, 1.165) is 26.5 Å². The highest BCUT2D eigenvalue weighted by molar-refractivity contribution is 9.08. The van der Waals surface area contributed by atoms with Crippen molar-refractivity contribution in [3.63, 3.8) is 0 Å². The van der Waals surface area contributed by atoms with Crippen LogP contribution in [-0.2, 0) is 37.7 Å². The summed E-state index contributed by atoms with van der Waals surface area (Å²) < 4.78 is 11.2. The zero-order valence-corrected chi connectivity index (χ0v) is 42.8. The molecule has 16 nitrogen and oxygen atoms in total. The second-order valence-corrected chi connectivity index (χ2v) is 17.0. The quantitative estimate of drug-likeness (QED) is 0.0871. The highest BCUT2D eigenvalue weighted by atomic mass is 79.9. The number of amides is 4. The number of rotatable bonds is 10. The third-order valence-corrected chi connectivity index (χ3v) is 10.8. The monoisotopic (exact) mass is 1110 g/mol. The van der Waals surface area contributed by atoms with Gasteiger partial charge in [-0.25, -0.2) is 25.0 Å². The third-order valence-electron chi connectivity index (χ3n) is 8.98. The molecule has 0 aliphatic carbocycles. The summed E-state index contributed by atoms with van der Waals surface area (Å²) in [5, 5.41) is 25.2. The first kappa shape index (κ1) is 56.2. The SMILES string of the molecule is CN1N=C(C(=O)Nc2ccc(OCc3cccc(Cl)c3)cn2)CCC1=O.CN1N=C(C(N)=O)CCC1=O.Clc1cccc(CBr)c1.Clc1cccc(COc2ccc(Cl)nc2)c1.Oc1ccc(Cl)nc1. The molecule has 0 spiro atoms. The lowest BCUT2D eigenvalue weighted by Gasteiger charge is -2.18. The summed E-state index contributed by atoms with van der Waals surface area (Å²) in [5.41, 5.74) is 8.71. The number of hydrazone groups is 2. The lowest BCUT2D eigenvalue weighted by molar-refractivity contribution is -0.131. The number of benzene rings is 3. The van der Waals surface area contributed by atoms with Gasteiger partial charge >= 0.3 is 0 Å². The van der Waals surface area contributed by atoms with E-state index in [1.165, 1.54) is 49.2 Å². The highest BCUT2D eigenvalue weighted by Gasteiger charge is 2.22. The summed E-state index contributed by atoms with van der Waals surface area (Å²) in [4.78, 5) is 56.6. The third kappa shape index (κ3) is 21.1. The lowest BCUT2D eigenvalue weighted by Crippen LogP contribution is -2.34. The predicted octanol–water partition coefficient (Wildman–Crippen LogP) is 10.6. The van der Waals surface area contributed by atoms with Crippen molar-refractivity contribution in [2.75, 3.05) is 19.4 Å². The average Bonchev–Trinajstić information content (AvgIpc) is 3.34. The van der Waals surface area contributed by atoms with E-state index in [2.05, 4.69) is 46.4 Å².